The van der Waals surface area contributed by atoms with Crippen molar-refractivity contribution in [2.75, 3.05) is 4.72 Å². The third-order valence-corrected chi connectivity index (χ3v) is 5.18. The van der Waals surface area contributed by atoms with E-state index < -0.39 is 10.0 Å². The number of rotatable bonds is 3. The Kier molecular flexibility index (Phi) is 4.10. The van der Waals surface area contributed by atoms with Crippen molar-refractivity contribution in [1.82, 2.24) is 0 Å². The predicted molar refractivity (Wildman–Crippen MR) is 87.4 cm³/mol. The Labute approximate surface area is 127 Å². The van der Waals surface area contributed by atoms with Crippen LogP contribution in [0.25, 0.3) is 0 Å². The van der Waals surface area contributed by atoms with Crippen molar-refractivity contribution in [2.45, 2.75) is 39.5 Å². The maximum Gasteiger partial charge on any atom is 0.262 e. The van der Waals surface area contributed by atoms with Gasteiger partial charge in [-0.05, 0) is 62.9 Å². The lowest BCUT2D eigenvalue weighted by Gasteiger charge is -2.15. The second kappa shape index (κ2) is 5.53. The summed E-state index contributed by atoms with van der Waals surface area (Å²) < 4.78 is 28.1. The van der Waals surface area contributed by atoms with E-state index in [1.165, 1.54) is 0 Å². The Hall–Kier alpha value is -1.81. The zero-order valence-electron chi connectivity index (χ0n) is 13.1. The fourth-order valence-electron chi connectivity index (χ4n) is 2.63. The summed E-state index contributed by atoms with van der Waals surface area (Å²) in [7, 11) is -3.58. The first-order valence-electron chi connectivity index (χ1n) is 6.88. The number of anilines is 1. The molecule has 0 radical (unpaired) electrons. The van der Waals surface area contributed by atoms with Gasteiger partial charge in [-0.15, -0.1) is 0 Å². The van der Waals surface area contributed by atoms with Crippen LogP contribution >= 0.6 is 0 Å². The fourth-order valence-corrected chi connectivity index (χ4v) is 4.21. The molecule has 0 atom stereocenters. The molecule has 0 fully saturated rings. The molecule has 21 heavy (non-hydrogen) atoms. The van der Waals surface area contributed by atoms with Gasteiger partial charge in [0.1, 0.15) is 0 Å². The first kappa shape index (κ1) is 15.6. The molecule has 2 rings (SSSR count). The Bertz CT molecular complexity index is 769. The number of hydrogen-bond acceptors (Lipinski definition) is 2. The third-order valence-electron chi connectivity index (χ3n) is 3.51. The van der Waals surface area contributed by atoms with Crippen molar-refractivity contribution in [1.29, 1.82) is 0 Å². The molecule has 0 saturated carbocycles. The highest BCUT2D eigenvalue weighted by molar-refractivity contribution is 7.92. The average Bonchev–Trinajstić information content (AvgIpc) is 2.31. The van der Waals surface area contributed by atoms with E-state index >= 15 is 0 Å². The molecule has 0 spiro atoms. The van der Waals surface area contributed by atoms with Gasteiger partial charge in [-0.25, -0.2) is 8.42 Å². The molecule has 2 aromatic rings. The van der Waals surface area contributed by atoms with Crippen LogP contribution in [0.1, 0.15) is 27.8 Å². The highest BCUT2D eigenvalue weighted by Gasteiger charge is 2.20. The quantitative estimate of drug-likeness (QED) is 0.930. The Balaban J connectivity index is 2.51. The molecule has 0 unspecified atom stereocenters. The van der Waals surface area contributed by atoms with Crippen molar-refractivity contribution in [2.24, 2.45) is 0 Å². The molecule has 3 nitrogen and oxygen atoms in total. The Morgan fingerprint density at radius 2 is 1.33 bits per heavy atom. The van der Waals surface area contributed by atoms with Gasteiger partial charge >= 0.3 is 0 Å². The van der Waals surface area contributed by atoms with Crippen LogP contribution in [0.3, 0.4) is 0 Å². The lowest BCUT2D eigenvalue weighted by atomic mass is 10.1. The number of aryl methyl sites for hydroxylation is 5. The molecule has 0 aliphatic rings. The molecule has 0 aromatic heterocycles. The van der Waals surface area contributed by atoms with E-state index in [-0.39, 0.29) is 0 Å². The molecule has 1 N–H and O–H groups in total. The van der Waals surface area contributed by atoms with E-state index in [1.54, 1.807) is 0 Å². The Morgan fingerprint density at radius 1 is 0.762 bits per heavy atom. The van der Waals surface area contributed by atoms with E-state index in [2.05, 4.69) is 4.72 Å². The smallest absolute Gasteiger partial charge is 0.262 e. The summed E-state index contributed by atoms with van der Waals surface area (Å²) in [6.45, 7) is 9.47. The van der Waals surface area contributed by atoms with Crippen molar-refractivity contribution in [3.63, 3.8) is 0 Å². The molecule has 2 aromatic carbocycles. The summed E-state index contributed by atoms with van der Waals surface area (Å²) in [5.41, 5.74) is 5.17. The van der Waals surface area contributed by atoms with Gasteiger partial charge in [-0.3, -0.25) is 4.72 Å². The van der Waals surface area contributed by atoms with Gasteiger partial charge in [0.2, 0.25) is 0 Å². The summed E-state index contributed by atoms with van der Waals surface area (Å²) in [5, 5.41) is 0. The zero-order chi connectivity index (χ0) is 15.8. The minimum atomic E-state index is -3.58. The topological polar surface area (TPSA) is 46.2 Å². The molecular weight excluding hydrogens is 282 g/mol. The van der Waals surface area contributed by atoms with E-state index in [4.69, 9.17) is 0 Å². The molecule has 0 heterocycles. The minimum absolute atomic E-state index is 0.369. The Morgan fingerprint density at radius 3 is 1.90 bits per heavy atom. The summed E-state index contributed by atoms with van der Waals surface area (Å²) in [5.74, 6) is 0. The summed E-state index contributed by atoms with van der Waals surface area (Å²) in [6, 6.07) is 9.53. The second-order valence-corrected chi connectivity index (χ2v) is 7.27. The van der Waals surface area contributed by atoms with Gasteiger partial charge < -0.3 is 0 Å². The molecule has 0 bridgehead atoms. The van der Waals surface area contributed by atoms with Crippen LogP contribution in [0, 0.1) is 34.6 Å². The highest BCUT2D eigenvalue weighted by Crippen LogP contribution is 2.26. The first-order chi connectivity index (χ1) is 9.70. The minimum Gasteiger partial charge on any atom is -0.279 e. The van der Waals surface area contributed by atoms with Crippen LogP contribution in [-0.2, 0) is 10.0 Å². The average molecular weight is 303 g/mol. The predicted octanol–water partition coefficient (Wildman–Crippen LogP) is 4.03. The van der Waals surface area contributed by atoms with Gasteiger partial charge in [0.25, 0.3) is 10.0 Å². The standard InChI is InChI=1S/C17H21NO2S/c1-11-6-7-13(3)16(10-11)18-21(19,20)17-14(4)8-12(2)9-15(17)5/h6-10,18H,1-5H3. The SMILES string of the molecule is Cc1cc(C)c(S(=O)(=O)Nc2cc(C)ccc2C)c(C)c1. The lowest BCUT2D eigenvalue weighted by molar-refractivity contribution is 0.600. The second-order valence-electron chi connectivity index (χ2n) is 5.65. The van der Waals surface area contributed by atoms with Gasteiger partial charge in [-0.1, -0.05) is 29.8 Å². The number of hydrogen-bond donors (Lipinski definition) is 1. The van der Waals surface area contributed by atoms with Crippen LogP contribution in [0.2, 0.25) is 0 Å². The van der Waals surface area contributed by atoms with Crippen molar-refractivity contribution in [3.05, 3.63) is 58.1 Å². The van der Waals surface area contributed by atoms with E-state index in [9.17, 15) is 8.42 Å². The first-order valence-corrected chi connectivity index (χ1v) is 8.37. The van der Waals surface area contributed by atoms with Gasteiger partial charge in [-0.2, -0.15) is 0 Å². The molecular formula is C17H21NO2S. The molecule has 4 heteroatoms. The van der Waals surface area contributed by atoms with Crippen LogP contribution in [0.5, 0.6) is 0 Å². The molecule has 0 aliphatic carbocycles. The molecule has 0 aliphatic heterocycles. The monoisotopic (exact) mass is 303 g/mol. The number of nitrogens with one attached hydrogen (secondary N) is 1. The largest absolute Gasteiger partial charge is 0.279 e. The van der Waals surface area contributed by atoms with Crippen LogP contribution in [0.15, 0.2) is 35.2 Å². The summed E-state index contributed by atoms with van der Waals surface area (Å²) in [4.78, 5) is 0.369. The van der Waals surface area contributed by atoms with E-state index in [0.29, 0.717) is 10.6 Å². The highest BCUT2D eigenvalue weighted by atomic mass is 32.2. The molecule has 112 valence electrons. The summed E-state index contributed by atoms with van der Waals surface area (Å²) >= 11 is 0. The lowest BCUT2D eigenvalue weighted by Crippen LogP contribution is -2.16. The van der Waals surface area contributed by atoms with E-state index in [1.807, 2.05) is 65.0 Å². The zero-order valence-corrected chi connectivity index (χ0v) is 13.9. The maximum atomic E-state index is 12.7. The van der Waals surface area contributed by atoms with Gasteiger partial charge in [0, 0.05) is 0 Å². The van der Waals surface area contributed by atoms with Crippen LogP contribution in [-0.4, -0.2) is 8.42 Å². The van der Waals surface area contributed by atoms with Crippen LogP contribution < -0.4 is 4.72 Å². The molecule has 0 amide bonds. The van der Waals surface area contributed by atoms with Crippen LogP contribution in [0.4, 0.5) is 5.69 Å². The normalized spacial score (nSPS) is 11.5. The van der Waals surface area contributed by atoms with Gasteiger partial charge in [0.05, 0.1) is 10.6 Å². The fraction of sp³-hybridized carbons (Fsp3) is 0.294. The molecule has 0 saturated heterocycles. The third kappa shape index (κ3) is 3.27. The van der Waals surface area contributed by atoms with E-state index in [0.717, 1.165) is 27.8 Å². The number of sulfonamides is 1. The summed E-state index contributed by atoms with van der Waals surface area (Å²) in [6.07, 6.45) is 0. The van der Waals surface area contributed by atoms with Crippen molar-refractivity contribution in [3.8, 4) is 0 Å². The van der Waals surface area contributed by atoms with Crippen molar-refractivity contribution >= 4 is 15.7 Å². The number of benzene rings is 2. The maximum absolute atomic E-state index is 12.7. The van der Waals surface area contributed by atoms with Gasteiger partial charge in [0.15, 0.2) is 0 Å². The van der Waals surface area contributed by atoms with Crippen molar-refractivity contribution < 1.29 is 8.42 Å².